The highest BCUT2D eigenvalue weighted by Crippen LogP contribution is 2.29. The second-order valence-corrected chi connectivity index (χ2v) is 9.24. The van der Waals surface area contributed by atoms with Crippen LogP contribution in [0.3, 0.4) is 0 Å². The zero-order valence-corrected chi connectivity index (χ0v) is 20.4. The van der Waals surface area contributed by atoms with Crippen LogP contribution in [-0.2, 0) is 4.79 Å². The van der Waals surface area contributed by atoms with Crippen molar-refractivity contribution in [2.24, 2.45) is 0 Å². The highest BCUT2D eigenvalue weighted by atomic mass is 19.1. The Hall–Kier alpha value is -4.27. The van der Waals surface area contributed by atoms with Crippen molar-refractivity contribution in [1.82, 2.24) is 4.90 Å². The summed E-state index contributed by atoms with van der Waals surface area (Å²) in [6, 6.07) is 13.8. The van der Waals surface area contributed by atoms with E-state index in [1.807, 2.05) is 12.1 Å². The summed E-state index contributed by atoms with van der Waals surface area (Å²) in [6.07, 6.45) is 0.941. The minimum Gasteiger partial charge on any atom is -0.478 e. The maximum atomic E-state index is 14.8. The number of hydrogen-bond donors (Lipinski definition) is 3. The average molecular weight is 508 g/mol. The van der Waals surface area contributed by atoms with E-state index in [-0.39, 0.29) is 11.1 Å². The van der Waals surface area contributed by atoms with Crippen LogP contribution in [0.1, 0.15) is 48.5 Å². The summed E-state index contributed by atoms with van der Waals surface area (Å²) in [7, 11) is 0. The normalized spacial score (nSPS) is 15.1. The van der Waals surface area contributed by atoms with Gasteiger partial charge in [0.25, 0.3) is 0 Å². The highest BCUT2D eigenvalue weighted by molar-refractivity contribution is 6.00. The molecule has 3 aromatic carbocycles. The van der Waals surface area contributed by atoms with Crippen LogP contribution < -0.4 is 10.6 Å². The van der Waals surface area contributed by atoms with E-state index < -0.39 is 41.3 Å². The molecule has 1 aliphatic rings. The number of aromatic carboxylic acids is 1. The molecule has 0 aliphatic carbocycles. The lowest BCUT2D eigenvalue weighted by Gasteiger charge is -2.24. The van der Waals surface area contributed by atoms with E-state index in [4.69, 9.17) is 5.11 Å². The first-order chi connectivity index (χ1) is 17.6. The highest BCUT2D eigenvalue weighted by Gasteiger charge is 2.35. The maximum Gasteiger partial charge on any atom is 0.335 e. The molecule has 1 fully saturated rings. The summed E-state index contributed by atoms with van der Waals surface area (Å²) in [4.78, 5) is 38.2. The monoisotopic (exact) mass is 507 g/mol. The number of carboxylic acid groups (broad SMARTS) is 1. The zero-order chi connectivity index (χ0) is 26.7. The molecule has 0 saturated carbocycles. The van der Waals surface area contributed by atoms with Gasteiger partial charge in [-0.3, -0.25) is 4.79 Å². The lowest BCUT2D eigenvalue weighted by Crippen LogP contribution is -2.45. The fraction of sp³-hybridized carbons (Fsp3) is 0.250. The number of carboxylic acids is 1. The summed E-state index contributed by atoms with van der Waals surface area (Å²) in [5, 5.41) is 14.1. The van der Waals surface area contributed by atoms with Crippen molar-refractivity contribution < 1.29 is 28.3 Å². The van der Waals surface area contributed by atoms with Crippen LogP contribution >= 0.6 is 0 Å². The molecule has 0 aromatic heterocycles. The zero-order valence-electron chi connectivity index (χ0n) is 20.4. The summed E-state index contributed by atoms with van der Waals surface area (Å²) in [5.41, 5.74) is 1.77. The number of carbonyl (C=O) groups is 3. The minimum atomic E-state index is -1.11. The number of halogens is 2. The van der Waals surface area contributed by atoms with Crippen molar-refractivity contribution in [1.29, 1.82) is 0 Å². The molecule has 0 bridgehead atoms. The van der Waals surface area contributed by atoms with E-state index in [9.17, 15) is 23.2 Å². The molecule has 1 saturated heterocycles. The van der Waals surface area contributed by atoms with E-state index >= 15 is 0 Å². The van der Waals surface area contributed by atoms with Gasteiger partial charge in [-0.05, 0) is 71.8 Å². The number of hydrogen-bond acceptors (Lipinski definition) is 3. The predicted molar refractivity (Wildman–Crippen MR) is 137 cm³/mol. The van der Waals surface area contributed by atoms with Crippen molar-refractivity contribution in [3.8, 4) is 11.1 Å². The number of carbonyl (C=O) groups excluding carboxylic acids is 2. The number of rotatable bonds is 6. The summed E-state index contributed by atoms with van der Waals surface area (Å²) in [6.45, 7) is 4.47. The standard InChI is InChI=1S/C28H27F2N3O4/c1-16(2)17-9-11-21(12-10-17)31-28(37)33-13-3-4-24(33)26(34)32-25-22(29)14-20(15-23(25)30)18-5-7-19(8-6-18)27(35)36/h5-12,14-16,24H,3-4,13H2,1-2H3,(H,31,37)(H,32,34)(H,35,36)/t24-/m1/s1. The van der Waals surface area contributed by atoms with Crippen LogP contribution in [0.2, 0.25) is 0 Å². The maximum absolute atomic E-state index is 14.8. The van der Waals surface area contributed by atoms with Crippen LogP contribution in [0.5, 0.6) is 0 Å². The molecule has 1 aliphatic heterocycles. The molecule has 4 rings (SSSR count). The number of likely N-dealkylation sites (tertiary alicyclic amines) is 1. The Balaban J connectivity index is 1.46. The number of benzene rings is 3. The van der Waals surface area contributed by atoms with Gasteiger partial charge < -0.3 is 20.6 Å². The van der Waals surface area contributed by atoms with Gasteiger partial charge >= 0.3 is 12.0 Å². The molecular formula is C28H27F2N3O4. The van der Waals surface area contributed by atoms with Crippen molar-refractivity contribution in [2.45, 2.75) is 38.6 Å². The molecule has 3 N–H and O–H groups in total. The van der Waals surface area contributed by atoms with Crippen LogP contribution in [0.15, 0.2) is 60.7 Å². The number of nitrogens with one attached hydrogen (secondary N) is 2. The fourth-order valence-corrected chi connectivity index (χ4v) is 4.30. The molecule has 3 amide bonds. The topological polar surface area (TPSA) is 98.7 Å². The van der Waals surface area contributed by atoms with E-state index in [0.29, 0.717) is 36.6 Å². The first-order valence-electron chi connectivity index (χ1n) is 11.9. The first kappa shape index (κ1) is 25.8. The molecule has 1 atom stereocenters. The smallest absolute Gasteiger partial charge is 0.335 e. The van der Waals surface area contributed by atoms with Gasteiger partial charge in [-0.15, -0.1) is 0 Å². The van der Waals surface area contributed by atoms with Crippen LogP contribution in [0.25, 0.3) is 11.1 Å². The molecule has 9 heteroatoms. The van der Waals surface area contributed by atoms with Gasteiger partial charge in [0.2, 0.25) is 5.91 Å². The third-order valence-corrected chi connectivity index (χ3v) is 6.40. The van der Waals surface area contributed by atoms with Crippen molar-refractivity contribution >= 4 is 29.3 Å². The summed E-state index contributed by atoms with van der Waals surface area (Å²) < 4.78 is 29.7. The third-order valence-electron chi connectivity index (χ3n) is 6.40. The second kappa shape index (κ2) is 10.8. The Bertz CT molecular complexity index is 1300. The molecule has 0 radical (unpaired) electrons. The van der Waals surface area contributed by atoms with Crippen molar-refractivity contribution in [3.05, 3.63) is 83.4 Å². The van der Waals surface area contributed by atoms with Crippen LogP contribution in [-0.4, -0.2) is 40.5 Å². The SMILES string of the molecule is CC(C)c1ccc(NC(=O)N2CCC[C@@H]2C(=O)Nc2c(F)cc(-c3ccc(C(=O)O)cc3)cc2F)cc1. The Kier molecular flexibility index (Phi) is 7.52. The molecule has 7 nitrogen and oxygen atoms in total. The van der Waals surface area contributed by atoms with Gasteiger partial charge in [-0.25, -0.2) is 18.4 Å². The summed E-state index contributed by atoms with van der Waals surface area (Å²) >= 11 is 0. The largest absolute Gasteiger partial charge is 0.478 e. The van der Waals surface area contributed by atoms with Gasteiger partial charge in [-0.1, -0.05) is 38.1 Å². The molecule has 37 heavy (non-hydrogen) atoms. The molecule has 192 valence electrons. The third kappa shape index (κ3) is 5.77. The quantitative estimate of drug-likeness (QED) is 0.376. The second-order valence-electron chi connectivity index (χ2n) is 9.24. The molecule has 3 aromatic rings. The van der Waals surface area contributed by atoms with E-state index in [1.165, 1.54) is 29.2 Å². The summed E-state index contributed by atoms with van der Waals surface area (Å²) in [5.74, 6) is -3.40. The molecule has 0 unspecified atom stereocenters. The Morgan fingerprint density at radius 3 is 2.11 bits per heavy atom. The van der Waals surface area contributed by atoms with Gasteiger partial charge in [0.05, 0.1) is 5.56 Å². The lowest BCUT2D eigenvalue weighted by atomic mass is 10.0. The Morgan fingerprint density at radius 1 is 0.919 bits per heavy atom. The molecule has 0 spiro atoms. The molecule has 1 heterocycles. The van der Waals surface area contributed by atoms with Crippen molar-refractivity contribution in [3.63, 3.8) is 0 Å². The van der Waals surface area contributed by atoms with Crippen molar-refractivity contribution in [2.75, 3.05) is 17.2 Å². The molecular weight excluding hydrogens is 480 g/mol. The van der Waals surface area contributed by atoms with E-state index in [0.717, 1.165) is 17.7 Å². The number of anilines is 2. The van der Waals surface area contributed by atoms with E-state index in [2.05, 4.69) is 24.5 Å². The van der Waals surface area contributed by atoms with Gasteiger partial charge in [0, 0.05) is 12.2 Å². The van der Waals surface area contributed by atoms with E-state index in [1.54, 1.807) is 12.1 Å². The Morgan fingerprint density at radius 2 is 1.54 bits per heavy atom. The van der Waals surface area contributed by atoms with Crippen LogP contribution in [0.4, 0.5) is 25.0 Å². The Labute approximate surface area is 213 Å². The minimum absolute atomic E-state index is 0.0475. The number of amides is 3. The first-order valence-corrected chi connectivity index (χ1v) is 11.9. The fourth-order valence-electron chi connectivity index (χ4n) is 4.30. The number of urea groups is 1. The van der Waals surface area contributed by atoms with Gasteiger partial charge in [-0.2, -0.15) is 0 Å². The van der Waals surface area contributed by atoms with Crippen LogP contribution in [0, 0.1) is 11.6 Å². The lowest BCUT2D eigenvalue weighted by molar-refractivity contribution is -0.119. The van der Waals surface area contributed by atoms with Gasteiger partial charge in [0.15, 0.2) is 0 Å². The van der Waals surface area contributed by atoms with Gasteiger partial charge in [0.1, 0.15) is 23.4 Å². The number of nitrogens with zero attached hydrogens (tertiary/aromatic N) is 1. The predicted octanol–water partition coefficient (Wildman–Crippen LogP) is 6.09. The average Bonchev–Trinajstić information content (AvgIpc) is 3.37.